The zero-order valence-corrected chi connectivity index (χ0v) is 18.7. The minimum Gasteiger partial charge on any atom is -0.463 e. The Bertz CT molecular complexity index is 898. The third-order valence-corrected chi connectivity index (χ3v) is 5.65. The van der Waals surface area contributed by atoms with E-state index in [1.807, 2.05) is 6.92 Å². The van der Waals surface area contributed by atoms with Gasteiger partial charge in [-0.05, 0) is 19.9 Å². The number of ether oxygens (including phenoxy) is 1. The van der Waals surface area contributed by atoms with Gasteiger partial charge < -0.3 is 20.3 Å². The van der Waals surface area contributed by atoms with Crippen LogP contribution in [0.3, 0.4) is 0 Å². The number of carbonyl (C=O) groups is 3. The van der Waals surface area contributed by atoms with Crippen LogP contribution in [-0.4, -0.2) is 85.7 Å². The molecule has 9 nitrogen and oxygen atoms in total. The first-order valence-electron chi connectivity index (χ1n) is 10.8. The van der Waals surface area contributed by atoms with Gasteiger partial charge in [-0.1, -0.05) is 18.2 Å². The maximum atomic E-state index is 14.6. The zero-order valence-electron chi connectivity index (χ0n) is 18.7. The van der Waals surface area contributed by atoms with Crippen LogP contribution in [0.4, 0.5) is 14.0 Å². The molecule has 32 heavy (non-hydrogen) atoms. The maximum Gasteiger partial charge on any atom is 0.338 e. The van der Waals surface area contributed by atoms with Crippen LogP contribution in [0.1, 0.15) is 25.5 Å². The van der Waals surface area contributed by atoms with E-state index in [1.54, 1.807) is 37.1 Å². The van der Waals surface area contributed by atoms with E-state index in [9.17, 15) is 18.8 Å². The lowest BCUT2D eigenvalue weighted by Gasteiger charge is -2.39. The van der Waals surface area contributed by atoms with Crippen LogP contribution >= 0.6 is 0 Å². The number of piperazine rings is 1. The fraction of sp³-hybridized carbons (Fsp3) is 0.500. The lowest BCUT2D eigenvalue weighted by Crippen LogP contribution is -2.54. The smallest absolute Gasteiger partial charge is 0.338 e. The molecule has 2 aliphatic rings. The molecule has 4 amide bonds. The molecule has 10 heteroatoms. The average molecular weight is 448 g/mol. The average Bonchev–Trinajstić information content (AvgIpc) is 2.78. The van der Waals surface area contributed by atoms with Crippen molar-refractivity contribution < 1.29 is 23.5 Å². The van der Waals surface area contributed by atoms with Crippen LogP contribution in [0.5, 0.6) is 0 Å². The third kappa shape index (κ3) is 5.01. The van der Waals surface area contributed by atoms with E-state index in [-0.39, 0.29) is 23.8 Å². The van der Waals surface area contributed by atoms with Crippen molar-refractivity contribution in [3.05, 3.63) is 46.9 Å². The van der Waals surface area contributed by atoms with Crippen LogP contribution in [0.15, 0.2) is 35.5 Å². The Morgan fingerprint density at radius 2 is 1.88 bits per heavy atom. The number of esters is 1. The largest absolute Gasteiger partial charge is 0.463 e. The standard InChI is InChI=1S/C22H30FN5O4/c1-4-24-21(30)28-12-10-27(11-13-28)14-17-18(20(29)32-5-2)19(25-22(31)26(17)3)15-8-6-7-9-16(15)23/h6-9,19H,4-5,10-14H2,1-3H3,(H,24,30)(H,25,31). The molecule has 0 aromatic heterocycles. The number of hydrogen-bond donors (Lipinski definition) is 2. The Morgan fingerprint density at radius 3 is 2.50 bits per heavy atom. The first kappa shape index (κ1) is 23.5. The monoisotopic (exact) mass is 447 g/mol. The van der Waals surface area contributed by atoms with Gasteiger partial charge in [0.05, 0.1) is 18.2 Å². The van der Waals surface area contributed by atoms with Gasteiger partial charge in [-0.25, -0.2) is 18.8 Å². The number of benzene rings is 1. The molecule has 1 saturated heterocycles. The van der Waals surface area contributed by atoms with Crippen LogP contribution < -0.4 is 10.6 Å². The molecule has 1 aromatic carbocycles. The van der Waals surface area contributed by atoms with Gasteiger partial charge in [0.1, 0.15) is 5.82 Å². The molecular weight excluding hydrogens is 417 g/mol. The van der Waals surface area contributed by atoms with Crippen molar-refractivity contribution in [2.45, 2.75) is 19.9 Å². The molecule has 2 N–H and O–H groups in total. The highest BCUT2D eigenvalue weighted by Crippen LogP contribution is 2.32. The van der Waals surface area contributed by atoms with Crippen molar-refractivity contribution in [1.29, 1.82) is 0 Å². The number of amides is 4. The summed E-state index contributed by atoms with van der Waals surface area (Å²) in [5, 5.41) is 5.52. The summed E-state index contributed by atoms with van der Waals surface area (Å²) < 4.78 is 19.9. The van der Waals surface area contributed by atoms with E-state index < -0.39 is 23.9 Å². The molecule has 1 unspecified atom stereocenters. The summed E-state index contributed by atoms with van der Waals surface area (Å²) in [7, 11) is 1.58. The number of nitrogens with one attached hydrogen (secondary N) is 2. The van der Waals surface area contributed by atoms with E-state index in [1.165, 1.54) is 11.0 Å². The molecule has 0 aliphatic carbocycles. The van der Waals surface area contributed by atoms with Gasteiger partial charge in [0.25, 0.3) is 0 Å². The minimum atomic E-state index is -0.953. The molecule has 0 saturated carbocycles. The van der Waals surface area contributed by atoms with Gasteiger partial charge in [0.2, 0.25) is 0 Å². The highest BCUT2D eigenvalue weighted by molar-refractivity contribution is 5.95. The molecule has 2 heterocycles. The van der Waals surface area contributed by atoms with Crippen LogP contribution in [-0.2, 0) is 9.53 Å². The number of hydrogen-bond acceptors (Lipinski definition) is 5. The van der Waals surface area contributed by atoms with Crippen molar-refractivity contribution in [2.24, 2.45) is 0 Å². The van der Waals surface area contributed by atoms with Crippen molar-refractivity contribution >= 4 is 18.0 Å². The first-order valence-corrected chi connectivity index (χ1v) is 10.8. The Balaban J connectivity index is 1.90. The summed E-state index contributed by atoms with van der Waals surface area (Å²) in [4.78, 5) is 42.9. The lowest BCUT2D eigenvalue weighted by molar-refractivity contribution is -0.139. The summed E-state index contributed by atoms with van der Waals surface area (Å²) in [5.74, 6) is -1.11. The highest BCUT2D eigenvalue weighted by Gasteiger charge is 2.38. The molecule has 174 valence electrons. The van der Waals surface area contributed by atoms with E-state index in [2.05, 4.69) is 15.5 Å². The van der Waals surface area contributed by atoms with Crippen LogP contribution in [0, 0.1) is 5.82 Å². The molecule has 0 bridgehead atoms. The van der Waals surface area contributed by atoms with Gasteiger partial charge in [-0.3, -0.25) is 9.80 Å². The summed E-state index contributed by atoms with van der Waals surface area (Å²) >= 11 is 0. The second-order valence-corrected chi connectivity index (χ2v) is 7.64. The fourth-order valence-corrected chi connectivity index (χ4v) is 3.92. The summed E-state index contributed by atoms with van der Waals surface area (Å²) in [6.45, 7) is 6.80. The van der Waals surface area contributed by atoms with Crippen molar-refractivity contribution in [3.63, 3.8) is 0 Å². The summed E-state index contributed by atoms with van der Waals surface area (Å²) in [6.07, 6.45) is 0. The molecule has 3 rings (SSSR count). The van der Waals surface area contributed by atoms with Crippen molar-refractivity contribution in [2.75, 3.05) is 52.9 Å². The SMILES string of the molecule is CCNC(=O)N1CCN(CC2=C(C(=O)OCC)C(c3ccccc3F)NC(=O)N2C)CC1. The van der Waals surface area contributed by atoms with Gasteiger partial charge in [0, 0.05) is 57.6 Å². The lowest BCUT2D eigenvalue weighted by atomic mass is 9.94. The maximum absolute atomic E-state index is 14.6. The minimum absolute atomic E-state index is 0.104. The zero-order chi connectivity index (χ0) is 23.3. The molecule has 0 radical (unpaired) electrons. The van der Waals surface area contributed by atoms with Crippen molar-refractivity contribution in [3.8, 4) is 0 Å². The van der Waals surface area contributed by atoms with Crippen LogP contribution in [0.2, 0.25) is 0 Å². The Hall–Kier alpha value is -3.14. The third-order valence-electron chi connectivity index (χ3n) is 5.65. The molecule has 1 atom stereocenters. The molecular formula is C22H30FN5O4. The molecule has 1 fully saturated rings. The number of rotatable bonds is 6. The highest BCUT2D eigenvalue weighted by atomic mass is 19.1. The van der Waals surface area contributed by atoms with Gasteiger partial charge in [-0.2, -0.15) is 0 Å². The second kappa shape index (κ2) is 10.4. The topological polar surface area (TPSA) is 94.2 Å². The van der Waals surface area contributed by atoms with Crippen LogP contribution in [0.25, 0.3) is 0 Å². The molecule has 2 aliphatic heterocycles. The second-order valence-electron chi connectivity index (χ2n) is 7.64. The van der Waals surface area contributed by atoms with Gasteiger partial charge in [-0.15, -0.1) is 0 Å². The van der Waals surface area contributed by atoms with Gasteiger partial charge in [0.15, 0.2) is 0 Å². The summed E-state index contributed by atoms with van der Waals surface area (Å²) in [6, 6.07) is 4.57. The van der Waals surface area contributed by atoms with Crippen molar-refractivity contribution in [1.82, 2.24) is 25.3 Å². The van der Waals surface area contributed by atoms with E-state index >= 15 is 0 Å². The molecule has 1 aromatic rings. The Labute approximate surface area is 187 Å². The predicted octanol–water partition coefficient (Wildman–Crippen LogP) is 1.69. The van der Waals surface area contributed by atoms with E-state index in [4.69, 9.17) is 4.74 Å². The number of nitrogens with zero attached hydrogens (tertiary/aromatic N) is 3. The quantitative estimate of drug-likeness (QED) is 0.648. The van der Waals surface area contributed by atoms with E-state index in [0.29, 0.717) is 45.0 Å². The number of urea groups is 2. The van der Waals surface area contributed by atoms with E-state index in [0.717, 1.165) is 0 Å². The normalized spacial score (nSPS) is 19.6. The Kier molecular flexibility index (Phi) is 7.68. The number of halogens is 1. The Morgan fingerprint density at radius 1 is 1.19 bits per heavy atom. The first-order chi connectivity index (χ1) is 15.4. The molecule has 0 spiro atoms. The number of likely N-dealkylation sites (N-methyl/N-ethyl adjacent to an activating group) is 1. The fourth-order valence-electron chi connectivity index (χ4n) is 3.92. The van der Waals surface area contributed by atoms with Gasteiger partial charge >= 0.3 is 18.0 Å². The predicted molar refractivity (Wildman–Crippen MR) is 116 cm³/mol. The summed E-state index contributed by atoms with van der Waals surface area (Å²) in [5.41, 5.74) is 0.882. The number of carbonyl (C=O) groups excluding carboxylic acids is 3.